The number of methoxy groups -OCH3 is 2. The van der Waals surface area contributed by atoms with Gasteiger partial charge in [-0.3, -0.25) is 0 Å². The summed E-state index contributed by atoms with van der Waals surface area (Å²) in [6.07, 6.45) is 4.08. The molecule has 0 aromatic carbocycles. The zero-order valence-corrected chi connectivity index (χ0v) is 11.1. The summed E-state index contributed by atoms with van der Waals surface area (Å²) in [5.41, 5.74) is -0.0788. The van der Waals surface area contributed by atoms with Crippen LogP contribution < -0.4 is 0 Å². The normalized spacial score (nSPS) is 17.7. The highest BCUT2D eigenvalue weighted by Crippen LogP contribution is 2.37. The Balaban J connectivity index is 2.13. The standard InChI is InChI=1S/C12H21N3O3/c1-17-7-6-15-10(13-14-11(15)9-16)8-12(18-2)4-3-5-12/h16H,3-9H2,1-2H3. The fourth-order valence-corrected chi connectivity index (χ4v) is 2.37. The Kier molecular flexibility index (Phi) is 4.31. The maximum atomic E-state index is 9.26. The molecule has 0 aliphatic heterocycles. The first kappa shape index (κ1) is 13.5. The van der Waals surface area contributed by atoms with Crippen molar-refractivity contribution in [1.29, 1.82) is 0 Å². The van der Waals surface area contributed by atoms with Crippen molar-refractivity contribution < 1.29 is 14.6 Å². The highest BCUT2D eigenvalue weighted by molar-refractivity contribution is 5.03. The molecule has 1 aliphatic rings. The average molecular weight is 255 g/mol. The van der Waals surface area contributed by atoms with Crippen molar-refractivity contribution in [2.75, 3.05) is 20.8 Å². The van der Waals surface area contributed by atoms with Crippen LogP contribution in [-0.4, -0.2) is 46.3 Å². The molecule has 0 atom stereocenters. The van der Waals surface area contributed by atoms with Gasteiger partial charge in [0.2, 0.25) is 0 Å². The van der Waals surface area contributed by atoms with Gasteiger partial charge in [0, 0.05) is 27.2 Å². The number of aliphatic hydroxyl groups excluding tert-OH is 1. The minimum atomic E-state index is -0.100. The molecule has 1 heterocycles. The van der Waals surface area contributed by atoms with Gasteiger partial charge in [-0.15, -0.1) is 10.2 Å². The number of hydrogen-bond donors (Lipinski definition) is 1. The predicted octanol–water partition coefficient (Wildman–Crippen LogP) is 0.528. The van der Waals surface area contributed by atoms with Crippen molar-refractivity contribution in [1.82, 2.24) is 14.8 Å². The van der Waals surface area contributed by atoms with E-state index in [1.807, 2.05) is 4.57 Å². The summed E-state index contributed by atoms with van der Waals surface area (Å²) in [4.78, 5) is 0. The largest absolute Gasteiger partial charge is 0.388 e. The highest BCUT2D eigenvalue weighted by Gasteiger charge is 2.38. The summed E-state index contributed by atoms with van der Waals surface area (Å²) in [5, 5.41) is 17.5. The third-order valence-corrected chi connectivity index (χ3v) is 3.74. The molecule has 0 bridgehead atoms. The molecule has 1 aliphatic carbocycles. The number of hydrogen-bond acceptors (Lipinski definition) is 5. The summed E-state index contributed by atoms with van der Waals surface area (Å²) < 4.78 is 12.6. The molecular formula is C12H21N3O3. The van der Waals surface area contributed by atoms with E-state index in [0.717, 1.165) is 25.1 Å². The molecule has 1 aromatic rings. The highest BCUT2D eigenvalue weighted by atomic mass is 16.5. The van der Waals surface area contributed by atoms with E-state index in [-0.39, 0.29) is 12.2 Å². The van der Waals surface area contributed by atoms with Crippen LogP contribution in [0.2, 0.25) is 0 Å². The van der Waals surface area contributed by atoms with Gasteiger partial charge in [-0.25, -0.2) is 0 Å². The molecule has 0 unspecified atom stereocenters. The molecule has 1 aromatic heterocycles. The van der Waals surface area contributed by atoms with Crippen molar-refractivity contribution in [2.45, 2.75) is 44.4 Å². The minimum absolute atomic E-state index is 0.0788. The molecule has 0 radical (unpaired) electrons. The summed E-state index contributed by atoms with van der Waals surface area (Å²) in [6, 6.07) is 0. The average Bonchev–Trinajstić information content (AvgIpc) is 2.73. The second-order valence-corrected chi connectivity index (χ2v) is 4.75. The van der Waals surface area contributed by atoms with Crippen LogP contribution in [0.15, 0.2) is 0 Å². The first-order chi connectivity index (χ1) is 8.74. The van der Waals surface area contributed by atoms with Crippen LogP contribution in [0.1, 0.15) is 30.9 Å². The molecule has 1 N–H and O–H groups in total. The number of aliphatic hydroxyl groups is 1. The van der Waals surface area contributed by atoms with E-state index in [9.17, 15) is 5.11 Å². The molecule has 1 fully saturated rings. The van der Waals surface area contributed by atoms with Crippen molar-refractivity contribution in [2.24, 2.45) is 0 Å². The lowest BCUT2D eigenvalue weighted by Crippen LogP contribution is -2.42. The van der Waals surface area contributed by atoms with Gasteiger partial charge in [0.25, 0.3) is 0 Å². The van der Waals surface area contributed by atoms with Crippen molar-refractivity contribution in [3.05, 3.63) is 11.6 Å². The molecule has 0 amide bonds. The van der Waals surface area contributed by atoms with Gasteiger partial charge in [0.1, 0.15) is 12.4 Å². The monoisotopic (exact) mass is 255 g/mol. The molecule has 2 rings (SSSR count). The van der Waals surface area contributed by atoms with Crippen LogP contribution in [0.5, 0.6) is 0 Å². The van der Waals surface area contributed by atoms with E-state index < -0.39 is 0 Å². The molecule has 0 saturated heterocycles. The second-order valence-electron chi connectivity index (χ2n) is 4.75. The SMILES string of the molecule is COCCn1c(CO)nnc1CC1(OC)CCC1. The lowest BCUT2D eigenvalue weighted by Gasteiger charge is -2.40. The van der Waals surface area contributed by atoms with Crippen LogP contribution in [0, 0.1) is 0 Å². The Hall–Kier alpha value is -0.980. The van der Waals surface area contributed by atoms with Gasteiger partial charge in [-0.05, 0) is 19.3 Å². The van der Waals surface area contributed by atoms with E-state index in [0.29, 0.717) is 19.0 Å². The van der Waals surface area contributed by atoms with E-state index in [2.05, 4.69) is 10.2 Å². The summed E-state index contributed by atoms with van der Waals surface area (Å²) in [6.45, 7) is 1.14. The predicted molar refractivity (Wildman–Crippen MR) is 65.1 cm³/mol. The third-order valence-electron chi connectivity index (χ3n) is 3.74. The summed E-state index contributed by atoms with van der Waals surface area (Å²) in [5.74, 6) is 1.46. The Bertz CT molecular complexity index is 382. The molecule has 6 nitrogen and oxygen atoms in total. The molecule has 1 saturated carbocycles. The van der Waals surface area contributed by atoms with E-state index in [1.165, 1.54) is 6.42 Å². The number of rotatable bonds is 7. The van der Waals surface area contributed by atoms with Gasteiger partial charge in [-0.1, -0.05) is 0 Å². The Morgan fingerprint density at radius 2 is 2.00 bits per heavy atom. The number of ether oxygens (including phenoxy) is 2. The Morgan fingerprint density at radius 1 is 1.28 bits per heavy atom. The van der Waals surface area contributed by atoms with Crippen LogP contribution in [-0.2, 0) is 29.0 Å². The molecule has 6 heteroatoms. The van der Waals surface area contributed by atoms with Gasteiger partial charge in [0.15, 0.2) is 5.82 Å². The zero-order valence-electron chi connectivity index (χ0n) is 11.1. The molecular weight excluding hydrogens is 234 g/mol. The van der Waals surface area contributed by atoms with Gasteiger partial charge >= 0.3 is 0 Å². The van der Waals surface area contributed by atoms with E-state index >= 15 is 0 Å². The van der Waals surface area contributed by atoms with Crippen LogP contribution in [0.3, 0.4) is 0 Å². The molecule has 0 spiro atoms. The maximum Gasteiger partial charge on any atom is 0.158 e. The summed E-state index contributed by atoms with van der Waals surface area (Å²) >= 11 is 0. The van der Waals surface area contributed by atoms with E-state index in [4.69, 9.17) is 9.47 Å². The fourth-order valence-electron chi connectivity index (χ4n) is 2.37. The van der Waals surface area contributed by atoms with Crippen molar-refractivity contribution in [3.8, 4) is 0 Å². The van der Waals surface area contributed by atoms with Gasteiger partial charge in [0.05, 0.1) is 12.2 Å². The minimum Gasteiger partial charge on any atom is -0.388 e. The van der Waals surface area contributed by atoms with Gasteiger partial charge < -0.3 is 19.1 Å². The maximum absolute atomic E-state index is 9.26. The zero-order chi connectivity index (χ0) is 13.0. The molecule has 102 valence electrons. The quantitative estimate of drug-likeness (QED) is 0.769. The van der Waals surface area contributed by atoms with E-state index in [1.54, 1.807) is 14.2 Å². The summed E-state index contributed by atoms with van der Waals surface area (Å²) in [7, 11) is 3.41. The molecule has 18 heavy (non-hydrogen) atoms. The van der Waals surface area contributed by atoms with Crippen LogP contribution in [0.4, 0.5) is 0 Å². The fraction of sp³-hybridized carbons (Fsp3) is 0.833. The second kappa shape index (κ2) is 5.77. The number of nitrogens with zero attached hydrogens (tertiary/aromatic N) is 3. The first-order valence-electron chi connectivity index (χ1n) is 6.30. The van der Waals surface area contributed by atoms with Crippen molar-refractivity contribution >= 4 is 0 Å². The van der Waals surface area contributed by atoms with Crippen LogP contribution >= 0.6 is 0 Å². The van der Waals surface area contributed by atoms with Gasteiger partial charge in [-0.2, -0.15) is 0 Å². The smallest absolute Gasteiger partial charge is 0.158 e. The lowest BCUT2D eigenvalue weighted by atomic mass is 9.77. The number of aromatic nitrogens is 3. The first-order valence-corrected chi connectivity index (χ1v) is 6.30. The Labute approximate surface area is 107 Å². The third kappa shape index (κ3) is 2.55. The lowest BCUT2D eigenvalue weighted by molar-refractivity contribution is -0.0727. The van der Waals surface area contributed by atoms with Crippen molar-refractivity contribution in [3.63, 3.8) is 0 Å². The topological polar surface area (TPSA) is 69.4 Å². The Morgan fingerprint density at radius 3 is 2.50 bits per heavy atom. The van der Waals surface area contributed by atoms with Crippen LogP contribution in [0.25, 0.3) is 0 Å².